The fourth-order valence-electron chi connectivity index (χ4n) is 1.68. The summed E-state index contributed by atoms with van der Waals surface area (Å²) in [6.45, 7) is 5.00. The fourth-order valence-corrected chi connectivity index (χ4v) is 1.97. The van der Waals surface area contributed by atoms with E-state index in [0.717, 1.165) is 5.56 Å². The summed E-state index contributed by atoms with van der Waals surface area (Å²) < 4.78 is 0. The number of nitrogens with zero attached hydrogens (tertiary/aromatic N) is 2. The van der Waals surface area contributed by atoms with Gasteiger partial charge < -0.3 is 5.32 Å². The van der Waals surface area contributed by atoms with Gasteiger partial charge >= 0.3 is 0 Å². The van der Waals surface area contributed by atoms with Crippen molar-refractivity contribution in [3.8, 4) is 0 Å². The van der Waals surface area contributed by atoms with Crippen molar-refractivity contribution >= 4 is 29.0 Å². The van der Waals surface area contributed by atoms with E-state index in [0.29, 0.717) is 23.3 Å². The Morgan fingerprint density at radius 3 is 2.47 bits per heavy atom. The molecule has 1 N–H and O–H groups in total. The van der Waals surface area contributed by atoms with Gasteiger partial charge in [0, 0.05) is 6.54 Å². The van der Waals surface area contributed by atoms with Gasteiger partial charge in [-0.05, 0) is 28.6 Å². The van der Waals surface area contributed by atoms with E-state index in [1.54, 1.807) is 0 Å². The van der Waals surface area contributed by atoms with Crippen LogP contribution in [0.1, 0.15) is 30.9 Å². The Morgan fingerprint density at radius 2 is 1.84 bits per heavy atom. The van der Waals surface area contributed by atoms with Crippen molar-refractivity contribution in [3.05, 3.63) is 51.9 Å². The average Bonchev–Trinajstić information content (AvgIpc) is 2.40. The lowest BCUT2D eigenvalue weighted by molar-refractivity contribution is 0.865. The predicted octanol–water partition coefficient (Wildman–Crippen LogP) is 4.52. The monoisotopic (exact) mass is 295 g/mol. The molecular formula is C14H15Cl2N3. The molecule has 0 atom stereocenters. The van der Waals surface area contributed by atoms with Gasteiger partial charge in [-0.25, -0.2) is 4.98 Å². The van der Waals surface area contributed by atoms with E-state index >= 15 is 0 Å². The number of hydrogen-bond acceptors (Lipinski definition) is 3. The van der Waals surface area contributed by atoms with Crippen molar-refractivity contribution in [3.63, 3.8) is 0 Å². The van der Waals surface area contributed by atoms with Crippen LogP contribution >= 0.6 is 23.2 Å². The number of hydrogen-bond donors (Lipinski definition) is 1. The zero-order valence-electron chi connectivity index (χ0n) is 10.8. The Labute approximate surface area is 123 Å². The second kappa shape index (κ2) is 6.22. The third-order valence-corrected chi connectivity index (χ3v) is 3.28. The van der Waals surface area contributed by atoms with E-state index < -0.39 is 0 Å². The van der Waals surface area contributed by atoms with Crippen molar-refractivity contribution in [1.29, 1.82) is 0 Å². The molecule has 3 nitrogen and oxygen atoms in total. The number of nitrogens with one attached hydrogen (secondary N) is 1. The lowest BCUT2D eigenvalue weighted by Gasteiger charge is -2.09. The van der Waals surface area contributed by atoms with E-state index in [9.17, 15) is 0 Å². The SMILES string of the molecule is CC(C)c1ccc(CNc2nc(Cl)ncc2Cl)cc1. The molecule has 2 aromatic rings. The van der Waals surface area contributed by atoms with E-state index in [1.165, 1.54) is 11.8 Å². The molecule has 0 radical (unpaired) electrons. The normalized spacial score (nSPS) is 10.8. The Kier molecular flexibility index (Phi) is 4.61. The third-order valence-electron chi connectivity index (χ3n) is 2.82. The second-order valence-corrected chi connectivity index (χ2v) is 5.33. The summed E-state index contributed by atoms with van der Waals surface area (Å²) in [4.78, 5) is 7.85. The highest BCUT2D eigenvalue weighted by Gasteiger charge is 2.04. The number of halogens is 2. The van der Waals surface area contributed by atoms with Crippen molar-refractivity contribution in [2.24, 2.45) is 0 Å². The molecule has 2 rings (SSSR count). The Morgan fingerprint density at radius 1 is 1.16 bits per heavy atom. The first-order chi connectivity index (χ1) is 9.06. The predicted molar refractivity (Wildman–Crippen MR) is 79.9 cm³/mol. The number of benzene rings is 1. The van der Waals surface area contributed by atoms with Gasteiger partial charge in [-0.1, -0.05) is 49.7 Å². The second-order valence-electron chi connectivity index (χ2n) is 4.59. The van der Waals surface area contributed by atoms with Crippen LogP contribution in [0.25, 0.3) is 0 Å². The van der Waals surface area contributed by atoms with Crippen molar-refractivity contribution in [2.75, 3.05) is 5.32 Å². The minimum Gasteiger partial charge on any atom is -0.365 e. The van der Waals surface area contributed by atoms with Crippen LogP contribution in [-0.4, -0.2) is 9.97 Å². The standard InChI is InChI=1S/C14H15Cl2N3/c1-9(2)11-5-3-10(4-6-11)7-17-13-12(15)8-18-14(16)19-13/h3-6,8-9H,7H2,1-2H3,(H,17,18,19). The molecule has 100 valence electrons. The molecule has 0 bridgehead atoms. The molecular weight excluding hydrogens is 281 g/mol. The topological polar surface area (TPSA) is 37.8 Å². The van der Waals surface area contributed by atoms with E-state index in [2.05, 4.69) is 53.4 Å². The summed E-state index contributed by atoms with van der Waals surface area (Å²) in [5.41, 5.74) is 2.49. The van der Waals surface area contributed by atoms with Crippen LogP contribution in [0.15, 0.2) is 30.5 Å². The van der Waals surface area contributed by atoms with Crippen molar-refractivity contribution in [1.82, 2.24) is 9.97 Å². The van der Waals surface area contributed by atoms with Crippen LogP contribution in [0, 0.1) is 0 Å². The molecule has 0 unspecified atom stereocenters. The Bertz CT molecular complexity index is 553. The van der Waals surface area contributed by atoms with E-state index in [-0.39, 0.29) is 5.28 Å². The van der Waals surface area contributed by atoms with Gasteiger partial charge in [0.25, 0.3) is 0 Å². The summed E-state index contributed by atoms with van der Waals surface area (Å²) in [5.74, 6) is 1.09. The molecule has 1 aromatic heterocycles. The molecule has 0 amide bonds. The van der Waals surface area contributed by atoms with Crippen LogP contribution < -0.4 is 5.32 Å². The van der Waals surface area contributed by atoms with Crippen LogP contribution in [-0.2, 0) is 6.54 Å². The molecule has 0 spiro atoms. The molecule has 1 heterocycles. The molecule has 1 aromatic carbocycles. The van der Waals surface area contributed by atoms with Crippen LogP contribution in [0.2, 0.25) is 10.3 Å². The van der Waals surface area contributed by atoms with Gasteiger partial charge in [-0.3, -0.25) is 0 Å². The maximum absolute atomic E-state index is 5.98. The highest BCUT2D eigenvalue weighted by molar-refractivity contribution is 6.33. The summed E-state index contributed by atoms with van der Waals surface area (Å²) >= 11 is 11.7. The first kappa shape index (κ1) is 14.1. The highest BCUT2D eigenvalue weighted by Crippen LogP contribution is 2.20. The fraction of sp³-hybridized carbons (Fsp3) is 0.286. The van der Waals surface area contributed by atoms with Crippen molar-refractivity contribution in [2.45, 2.75) is 26.3 Å². The van der Waals surface area contributed by atoms with Gasteiger partial charge in [-0.15, -0.1) is 0 Å². The number of rotatable bonds is 4. The summed E-state index contributed by atoms with van der Waals surface area (Å²) in [6, 6.07) is 8.46. The third kappa shape index (κ3) is 3.82. The average molecular weight is 296 g/mol. The zero-order chi connectivity index (χ0) is 13.8. The van der Waals surface area contributed by atoms with E-state index in [4.69, 9.17) is 23.2 Å². The number of aromatic nitrogens is 2. The largest absolute Gasteiger partial charge is 0.365 e. The molecule has 5 heteroatoms. The highest BCUT2D eigenvalue weighted by atomic mass is 35.5. The van der Waals surface area contributed by atoms with E-state index in [1.807, 2.05) is 0 Å². The maximum atomic E-state index is 5.98. The molecule has 0 aliphatic heterocycles. The summed E-state index contributed by atoms with van der Waals surface area (Å²) in [5, 5.41) is 3.79. The first-order valence-electron chi connectivity index (χ1n) is 6.07. The number of anilines is 1. The Balaban J connectivity index is 2.04. The quantitative estimate of drug-likeness (QED) is 0.843. The molecule has 0 saturated carbocycles. The van der Waals surface area contributed by atoms with Gasteiger partial charge in [0.2, 0.25) is 5.28 Å². The maximum Gasteiger partial charge on any atom is 0.224 e. The van der Waals surface area contributed by atoms with Crippen LogP contribution in [0.3, 0.4) is 0 Å². The molecule has 0 saturated heterocycles. The molecule has 19 heavy (non-hydrogen) atoms. The molecule has 0 fully saturated rings. The smallest absolute Gasteiger partial charge is 0.224 e. The van der Waals surface area contributed by atoms with Gasteiger partial charge in [0.1, 0.15) is 10.8 Å². The summed E-state index contributed by atoms with van der Waals surface area (Å²) in [6.07, 6.45) is 1.49. The Hall–Kier alpha value is -1.32. The minimum absolute atomic E-state index is 0.182. The van der Waals surface area contributed by atoms with Gasteiger partial charge in [0.05, 0.1) is 6.20 Å². The summed E-state index contributed by atoms with van der Waals surface area (Å²) in [7, 11) is 0. The minimum atomic E-state index is 0.182. The van der Waals surface area contributed by atoms with Crippen LogP contribution in [0.4, 0.5) is 5.82 Å². The van der Waals surface area contributed by atoms with Gasteiger partial charge in [0.15, 0.2) is 0 Å². The van der Waals surface area contributed by atoms with Gasteiger partial charge in [-0.2, -0.15) is 4.98 Å². The lowest BCUT2D eigenvalue weighted by Crippen LogP contribution is -2.03. The molecule has 0 aliphatic rings. The zero-order valence-corrected chi connectivity index (χ0v) is 12.3. The van der Waals surface area contributed by atoms with Crippen LogP contribution in [0.5, 0.6) is 0 Å². The lowest BCUT2D eigenvalue weighted by atomic mass is 10.0. The molecule has 0 aliphatic carbocycles. The first-order valence-corrected chi connectivity index (χ1v) is 6.82. The van der Waals surface area contributed by atoms with Crippen molar-refractivity contribution < 1.29 is 0 Å².